The fourth-order valence-electron chi connectivity index (χ4n) is 1.31. The molecule has 2 N–H and O–H groups in total. The van der Waals surface area contributed by atoms with E-state index in [1.807, 2.05) is 12.1 Å². The van der Waals surface area contributed by atoms with E-state index in [2.05, 4.69) is 15.3 Å². The normalized spacial score (nSPS) is 10.4. The molecule has 1 heterocycles. The summed E-state index contributed by atoms with van der Waals surface area (Å²) in [6.07, 6.45) is 0. The lowest BCUT2D eigenvalue weighted by Gasteiger charge is -2.03. The minimum Gasteiger partial charge on any atom is -0.345 e. The number of imidazole rings is 1. The molecule has 0 unspecified atom stereocenters. The number of amides is 1. The fraction of sp³-hybridized carbons (Fsp3) is 0.0909. The van der Waals surface area contributed by atoms with Crippen molar-refractivity contribution in [3.8, 4) is 0 Å². The Morgan fingerprint density at radius 1 is 1.22 bits per heavy atom. The summed E-state index contributed by atoms with van der Waals surface area (Å²) in [6, 6.07) is 7.16. The molecule has 0 aliphatic carbocycles. The summed E-state index contributed by atoms with van der Waals surface area (Å²) >= 11 is 17.1. The summed E-state index contributed by atoms with van der Waals surface area (Å²) in [6.45, 7) is 0.367. The second-order valence-electron chi connectivity index (χ2n) is 3.50. The van der Waals surface area contributed by atoms with E-state index in [1.54, 1.807) is 12.1 Å². The van der Waals surface area contributed by atoms with Crippen LogP contribution < -0.4 is 5.32 Å². The first-order chi connectivity index (χ1) is 8.56. The molecule has 2 aromatic rings. The average molecular weight is 305 g/mol. The van der Waals surface area contributed by atoms with Crippen molar-refractivity contribution in [3.63, 3.8) is 0 Å². The molecular weight excluding hydrogens is 296 g/mol. The van der Waals surface area contributed by atoms with Crippen molar-refractivity contribution in [2.45, 2.75) is 6.54 Å². The van der Waals surface area contributed by atoms with Crippen LogP contribution in [0.4, 0.5) is 0 Å². The van der Waals surface area contributed by atoms with Crippen LogP contribution in [0.5, 0.6) is 0 Å². The number of carbonyl (C=O) groups is 1. The first-order valence-corrected chi connectivity index (χ1v) is 6.13. The first kappa shape index (κ1) is 13.2. The molecule has 0 radical (unpaired) electrons. The van der Waals surface area contributed by atoms with E-state index in [0.717, 1.165) is 5.56 Å². The minimum atomic E-state index is -0.376. The SMILES string of the molecule is O=C(NCc1ccc(Cl)cc1)c1nc(Cl)c(Cl)[nH]1. The van der Waals surface area contributed by atoms with Gasteiger partial charge in [0.05, 0.1) is 0 Å². The molecule has 0 aliphatic rings. The predicted octanol–water partition coefficient (Wildman–Crippen LogP) is 3.30. The molecule has 0 aliphatic heterocycles. The summed E-state index contributed by atoms with van der Waals surface area (Å²) in [4.78, 5) is 18.1. The number of nitrogens with zero attached hydrogens (tertiary/aromatic N) is 1. The van der Waals surface area contributed by atoms with Gasteiger partial charge in [-0.1, -0.05) is 46.9 Å². The van der Waals surface area contributed by atoms with Crippen molar-refractivity contribution in [2.75, 3.05) is 0 Å². The van der Waals surface area contributed by atoms with Gasteiger partial charge in [-0.15, -0.1) is 0 Å². The minimum absolute atomic E-state index is 0.0771. The second-order valence-corrected chi connectivity index (χ2v) is 4.67. The molecular formula is C11H8Cl3N3O. The molecule has 0 spiro atoms. The Bertz CT molecular complexity index is 546. The number of aromatic nitrogens is 2. The molecule has 0 atom stereocenters. The molecule has 0 fully saturated rings. The van der Waals surface area contributed by atoms with Gasteiger partial charge in [-0.2, -0.15) is 0 Å². The summed E-state index contributed by atoms with van der Waals surface area (Å²) in [7, 11) is 0. The van der Waals surface area contributed by atoms with Crippen molar-refractivity contribution in [1.29, 1.82) is 0 Å². The number of rotatable bonds is 3. The monoisotopic (exact) mass is 303 g/mol. The number of halogens is 3. The molecule has 0 saturated carbocycles. The van der Waals surface area contributed by atoms with Gasteiger partial charge in [0.25, 0.3) is 5.91 Å². The number of hydrogen-bond donors (Lipinski definition) is 2. The Kier molecular flexibility index (Phi) is 4.11. The van der Waals surface area contributed by atoms with Crippen LogP contribution >= 0.6 is 34.8 Å². The smallest absolute Gasteiger partial charge is 0.287 e. The van der Waals surface area contributed by atoms with Gasteiger partial charge in [-0.05, 0) is 17.7 Å². The van der Waals surface area contributed by atoms with E-state index in [1.165, 1.54) is 0 Å². The number of H-pyrrole nitrogens is 1. The highest BCUT2D eigenvalue weighted by Crippen LogP contribution is 2.17. The number of nitrogens with one attached hydrogen (secondary N) is 2. The third-order valence-electron chi connectivity index (χ3n) is 2.20. The van der Waals surface area contributed by atoms with Crippen molar-refractivity contribution in [3.05, 3.63) is 51.0 Å². The number of benzene rings is 1. The van der Waals surface area contributed by atoms with Gasteiger partial charge in [0.15, 0.2) is 11.0 Å². The van der Waals surface area contributed by atoms with Crippen LogP contribution in [-0.4, -0.2) is 15.9 Å². The molecule has 18 heavy (non-hydrogen) atoms. The van der Waals surface area contributed by atoms with Crippen LogP contribution in [0.25, 0.3) is 0 Å². The van der Waals surface area contributed by atoms with E-state index in [0.29, 0.717) is 11.6 Å². The summed E-state index contributed by atoms with van der Waals surface area (Å²) in [5.74, 6) is -0.294. The maximum Gasteiger partial charge on any atom is 0.287 e. The lowest BCUT2D eigenvalue weighted by molar-refractivity contribution is 0.0941. The van der Waals surface area contributed by atoms with E-state index >= 15 is 0 Å². The van der Waals surface area contributed by atoms with Gasteiger partial charge >= 0.3 is 0 Å². The molecule has 94 valence electrons. The van der Waals surface area contributed by atoms with Gasteiger partial charge in [0, 0.05) is 11.6 Å². The van der Waals surface area contributed by atoms with Crippen LogP contribution in [0.15, 0.2) is 24.3 Å². The molecule has 4 nitrogen and oxygen atoms in total. The summed E-state index contributed by atoms with van der Waals surface area (Å²) < 4.78 is 0. The van der Waals surface area contributed by atoms with E-state index in [-0.39, 0.29) is 22.0 Å². The highest BCUT2D eigenvalue weighted by molar-refractivity contribution is 6.40. The Morgan fingerprint density at radius 2 is 1.89 bits per heavy atom. The molecule has 1 amide bonds. The Balaban J connectivity index is 1.98. The zero-order chi connectivity index (χ0) is 13.1. The fourth-order valence-corrected chi connectivity index (χ4v) is 1.70. The third-order valence-corrected chi connectivity index (χ3v) is 3.10. The van der Waals surface area contributed by atoms with E-state index < -0.39 is 0 Å². The van der Waals surface area contributed by atoms with Crippen molar-refractivity contribution in [2.24, 2.45) is 0 Å². The predicted molar refractivity (Wildman–Crippen MR) is 71.2 cm³/mol. The van der Waals surface area contributed by atoms with Crippen LogP contribution in [0, 0.1) is 0 Å². The zero-order valence-corrected chi connectivity index (χ0v) is 11.3. The lowest BCUT2D eigenvalue weighted by Crippen LogP contribution is -2.23. The second kappa shape index (κ2) is 5.61. The topological polar surface area (TPSA) is 57.8 Å². The molecule has 7 heteroatoms. The third kappa shape index (κ3) is 3.16. The quantitative estimate of drug-likeness (QED) is 0.914. The van der Waals surface area contributed by atoms with Crippen LogP contribution in [0.2, 0.25) is 15.3 Å². The Hall–Kier alpha value is -1.23. The van der Waals surface area contributed by atoms with Gasteiger partial charge in [-0.3, -0.25) is 4.79 Å². The summed E-state index contributed by atoms with van der Waals surface area (Å²) in [5, 5.41) is 3.55. The van der Waals surface area contributed by atoms with Crippen LogP contribution in [0.3, 0.4) is 0 Å². The molecule has 1 aromatic heterocycles. The van der Waals surface area contributed by atoms with Crippen molar-refractivity contribution < 1.29 is 4.79 Å². The maximum atomic E-state index is 11.7. The Morgan fingerprint density at radius 3 is 2.44 bits per heavy atom. The van der Waals surface area contributed by atoms with Crippen LogP contribution in [-0.2, 0) is 6.54 Å². The highest BCUT2D eigenvalue weighted by Gasteiger charge is 2.12. The standard InChI is InChI=1S/C11H8Cl3N3O/c12-7-3-1-6(2-4-7)5-15-11(18)10-16-8(13)9(14)17-10/h1-4H,5H2,(H,15,18)(H,16,17). The van der Waals surface area contributed by atoms with Crippen LogP contribution in [0.1, 0.15) is 16.2 Å². The lowest BCUT2D eigenvalue weighted by atomic mass is 10.2. The molecule has 0 saturated heterocycles. The van der Waals surface area contributed by atoms with E-state index in [4.69, 9.17) is 34.8 Å². The zero-order valence-electron chi connectivity index (χ0n) is 9.01. The molecule has 0 bridgehead atoms. The average Bonchev–Trinajstić information content (AvgIpc) is 2.69. The highest BCUT2D eigenvalue weighted by atomic mass is 35.5. The van der Waals surface area contributed by atoms with Gasteiger partial charge in [0.1, 0.15) is 5.15 Å². The molecule has 2 rings (SSSR count). The first-order valence-electron chi connectivity index (χ1n) is 5.00. The largest absolute Gasteiger partial charge is 0.345 e. The number of hydrogen-bond acceptors (Lipinski definition) is 2. The van der Waals surface area contributed by atoms with Crippen molar-refractivity contribution in [1.82, 2.24) is 15.3 Å². The summed E-state index contributed by atoms with van der Waals surface area (Å²) in [5.41, 5.74) is 0.927. The van der Waals surface area contributed by atoms with E-state index in [9.17, 15) is 4.79 Å². The Labute approximate surface area is 118 Å². The number of carbonyl (C=O) groups excluding carboxylic acids is 1. The maximum absolute atomic E-state index is 11.7. The molecule has 1 aromatic carbocycles. The number of aromatic amines is 1. The van der Waals surface area contributed by atoms with Gasteiger partial charge in [-0.25, -0.2) is 4.98 Å². The van der Waals surface area contributed by atoms with Gasteiger partial charge < -0.3 is 10.3 Å². The van der Waals surface area contributed by atoms with Crippen molar-refractivity contribution >= 4 is 40.7 Å². The van der Waals surface area contributed by atoms with Gasteiger partial charge in [0.2, 0.25) is 0 Å².